The van der Waals surface area contributed by atoms with Crippen molar-refractivity contribution < 1.29 is 9.18 Å². The second kappa shape index (κ2) is 7.42. The first kappa shape index (κ1) is 17.0. The lowest BCUT2D eigenvalue weighted by molar-refractivity contribution is 0.0627. The van der Waals surface area contributed by atoms with Crippen LogP contribution in [0.3, 0.4) is 0 Å². The van der Waals surface area contributed by atoms with E-state index < -0.39 is 6.17 Å². The lowest BCUT2D eigenvalue weighted by Crippen LogP contribution is -2.49. The highest BCUT2D eigenvalue weighted by molar-refractivity contribution is 5.94. The fourth-order valence-electron chi connectivity index (χ4n) is 3.98. The molecule has 25 heavy (non-hydrogen) atoms. The molecule has 0 unspecified atom stereocenters. The highest BCUT2D eigenvalue weighted by Gasteiger charge is 2.32. The van der Waals surface area contributed by atoms with Gasteiger partial charge in [0, 0.05) is 57.4 Å². The lowest BCUT2D eigenvalue weighted by Gasteiger charge is -2.35. The van der Waals surface area contributed by atoms with Crippen LogP contribution in [0.15, 0.2) is 24.3 Å². The first-order valence-electron chi connectivity index (χ1n) is 9.68. The van der Waals surface area contributed by atoms with Gasteiger partial charge in [-0.25, -0.2) is 4.39 Å². The number of benzene rings is 1. The van der Waals surface area contributed by atoms with Crippen molar-refractivity contribution in [3.63, 3.8) is 0 Å². The van der Waals surface area contributed by atoms with Crippen LogP contribution in [0.4, 0.5) is 4.39 Å². The Morgan fingerprint density at radius 2 is 1.56 bits per heavy atom. The van der Waals surface area contributed by atoms with Gasteiger partial charge in [-0.15, -0.1) is 0 Å². The summed E-state index contributed by atoms with van der Waals surface area (Å²) >= 11 is 0. The van der Waals surface area contributed by atoms with Crippen LogP contribution in [0.1, 0.15) is 41.6 Å². The summed E-state index contributed by atoms with van der Waals surface area (Å²) in [6.45, 7) is 6.21. The molecule has 1 aromatic carbocycles. The molecule has 2 aliphatic heterocycles. The molecule has 136 valence electrons. The maximum Gasteiger partial charge on any atom is 0.253 e. The lowest BCUT2D eigenvalue weighted by atomic mass is 10.1. The van der Waals surface area contributed by atoms with Gasteiger partial charge in [0.05, 0.1) is 0 Å². The summed E-state index contributed by atoms with van der Waals surface area (Å²) in [6.07, 6.45) is 3.32. The van der Waals surface area contributed by atoms with E-state index in [1.807, 2.05) is 17.0 Å². The molecule has 4 rings (SSSR count). The van der Waals surface area contributed by atoms with Gasteiger partial charge in [-0.2, -0.15) is 0 Å². The molecular weight excluding hydrogens is 317 g/mol. The molecule has 2 saturated heterocycles. The quantitative estimate of drug-likeness (QED) is 0.839. The minimum absolute atomic E-state index is 0.153. The Morgan fingerprint density at radius 3 is 2.16 bits per heavy atom. The van der Waals surface area contributed by atoms with Gasteiger partial charge in [0.25, 0.3) is 5.91 Å². The number of piperidine rings is 1. The van der Waals surface area contributed by atoms with Crippen LogP contribution >= 0.6 is 0 Å². The molecule has 1 aliphatic carbocycles. The number of nitrogens with zero attached hydrogens (tertiary/aromatic N) is 3. The number of carbonyl (C=O) groups excluding carboxylic acids is 1. The minimum Gasteiger partial charge on any atom is -0.336 e. The maximum atomic E-state index is 13.2. The van der Waals surface area contributed by atoms with Gasteiger partial charge in [0.1, 0.15) is 6.17 Å². The highest BCUT2D eigenvalue weighted by Crippen LogP contribution is 2.27. The molecule has 0 atom stereocenters. The molecule has 2 heterocycles. The van der Waals surface area contributed by atoms with Crippen LogP contribution in [-0.2, 0) is 6.54 Å². The summed E-state index contributed by atoms with van der Waals surface area (Å²) in [7, 11) is 0. The Morgan fingerprint density at radius 1 is 0.920 bits per heavy atom. The number of hydrogen-bond acceptors (Lipinski definition) is 3. The van der Waals surface area contributed by atoms with Gasteiger partial charge in [0.2, 0.25) is 0 Å². The van der Waals surface area contributed by atoms with E-state index in [0.717, 1.165) is 57.4 Å². The monoisotopic (exact) mass is 345 g/mol. The number of hydrogen-bond donors (Lipinski definition) is 0. The number of carbonyl (C=O) groups is 1. The van der Waals surface area contributed by atoms with Crippen molar-refractivity contribution in [1.29, 1.82) is 0 Å². The van der Waals surface area contributed by atoms with E-state index in [1.165, 1.54) is 18.4 Å². The summed E-state index contributed by atoms with van der Waals surface area (Å²) in [5, 5.41) is 0. The molecule has 5 heteroatoms. The zero-order valence-electron chi connectivity index (χ0n) is 14.9. The van der Waals surface area contributed by atoms with E-state index in [9.17, 15) is 9.18 Å². The molecule has 3 fully saturated rings. The molecule has 1 saturated carbocycles. The average Bonchev–Trinajstić information content (AvgIpc) is 3.49. The summed E-state index contributed by atoms with van der Waals surface area (Å²) in [4.78, 5) is 19.5. The SMILES string of the molecule is O=C(c1ccc(CN2CCC(F)CC2)cc1)N1CCN(C2CC2)CC1. The normalized spacial score (nSPS) is 23.8. The van der Waals surface area contributed by atoms with Crippen LogP contribution < -0.4 is 0 Å². The Balaban J connectivity index is 1.29. The van der Waals surface area contributed by atoms with Crippen LogP contribution in [0.25, 0.3) is 0 Å². The Labute approximate surface area is 149 Å². The second-order valence-electron chi connectivity index (χ2n) is 7.71. The molecule has 3 aliphatic rings. The molecule has 4 nitrogen and oxygen atoms in total. The maximum absolute atomic E-state index is 13.2. The third-order valence-electron chi connectivity index (χ3n) is 5.79. The van der Waals surface area contributed by atoms with Crippen molar-refractivity contribution in [2.24, 2.45) is 0 Å². The fourth-order valence-corrected chi connectivity index (χ4v) is 3.98. The van der Waals surface area contributed by atoms with Crippen molar-refractivity contribution in [2.45, 2.75) is 44.4 Å². The standard InChI is InChI=1S/C20H28FN3O/c21-18-7-9-22(10-8-18)15-16-1-3-17(4-2-16)20(25)24-13-11-23(12-14-24)19-5-6-19/h1-4,18-19H,5-15H2. The number of piperazine rings is 1. The van der Waals surface area contributed by atoms with Crippen molar-refractivity contribution >= 4 is 5.91 Å². The van der Waals surface area contributed by atoms with Gasteiger partial charge in [-0.3, -0.25) is 14.6 Å². The minimum atomic E-state index is -0.628. The van der Waals surface area contributed by atoms with E-state index in [1.54, 1.807) is 0 Å². The number of halogens is 1. The molecule has 0 radical (unpaired) electrons. The number of alkyl halides is 1. The van der Waals surface area contributed by atoms with E-state index in [0.29, 0.717) is 12.8 Å². The second-order valence-corrected chi connectivity index (χ2v) is 7.71. The summed E-state index contributed by atoms with van der Waals surface area (Å²) in [6, 6.07) is 8.79. The van der Waals surface area contributed by atoms with E-state index in [-0.39, 0.29) is 5.91 Å². The molecule has 0 spiro atoms. The third-order valence-corrected chi connectivity index (χ3v) is 5.79. The number of amides is 1. The zero-order valence-corrected chi connectivity index (χ0v) is 14.9. The van der Waals surface area contributed by atoms with Gasteiger partial charge >= 0.3 is 0 Å². The predicted molar refractivity (Wildman–Crippen MR) is 96.3 cm³/mol. The van der Waals surface area contributed by atoms with E-state index in [4.69, 9.17) is 0 Å². The van der Waals surface area contributed by atoms with Crippen LogP contribution in [-0.4, -0.2) is 72.1 Å². The van der Waals surface area contributed by atoms with Crippen LogP contribution in [0.5, 0.6) is 0 Å². The molecule has 1 aromatic rings. The van der Waals surface area contributed by atoms with E-state index >= 15 is 0 Å². The zero-order chi connectivity index (χ0) is 17.2. The first-order chi connectivity index (χ1) is 12.2. The average molecular weight is 345 g/mol. The van der Waals surface area contributed by atoms with Gasteiger partial charge in [0.15, 0.2) is 0 Å². The number of likely N-dealkylation sites (tertiary alicyclic amines) is 1. The Bertz CT molecular complexity index is 585. The van der Waals surface area contributed by atoms with Crippen molar-refractivity contribution in [3.05, 3.63) is 35.4 Å². The van der Waals surface area contributed by atoms with Gasteiger partial charge in [-0.1, -0.05) is 12.1 Å². The topological polar surface area (TPSA) is 26.8 Å². The Hall–Kier alpha value is -1.46. The predicted octanol–water partition coefficient (Wildman–Crippen LogP) is 2.54. The largest absolute Gasteiger partial charge is 0.336 e. The number of rotatable bonds is 4. The molecular formula is C20H28FN3O. The molecule has 0 N–H and O–H groups in total. The third kappa shape index (κ3) is 4.21. The van der Waals surface area contributed by atoms with E-state index in [2.05, 4.69) is 21.9 Å². The van der Waals surface area contributed by atoms with Crippen molar-refractivity contribution in [3.8, 4) is 0 Å². The Kier molecular flexibility index (Phi) is 5.04. The molecule has 0 bridgehead atoms. The fraction of sp³-hybridized carbons (Fsp3) is 0.650. The summed E-state index contributed by atoms with van der Waals surface area (Å²) in [5.74, 6) is 0.153. The highest BCUT2D eigenvalue weighted by atomic mass is 19.1. The van der Waals surface area contributed by atoms with Crippen molar-refractivity contribution in [2.75, 3.05) is 39.3 Å². The summed E-state index contributed by atoms with van der Waals surface area (Å²) < 4.78 is 13.2. The first-order valence-corrected chi connectivity index (χ1v) is 9.68. The van der Waals surface area contributed by atoms with Gasteiger partial charge in [-0.05, 0) is 43.4 Å². The van der Waals surface area contributed by atoms with Gasteiger partial charge < -0.3 is 4.90 Å². The molecule has 1 amide bonds. The van der Waals surface area contributed by atoms with Crippen LogP contribution in [0, 0.1) is 0 Å². The summed E-state index contributed by atoms with van der Waals surface area (Å²) in [5.41, 5.74) is 1.98. The molecule has 0 aromatic heterocycles. The van der Waals surface area contributed by atoms with Crippen LogP contribution in [0.2, 0.25) is 0 Å². The van der Waals surface area contributed by atoms with Crippen molar-refractivity contribution in [1.82, 2.24) is 14.7 Å². The smallest absolute Gasteiger partial charge is 0.253 e.